The van der Waals surface area contributed by atoms with E-state index >= 15 is 0 Å². The van der Waals surface area contributed by atoms with E-state index in [2.05, 4.69) is 25.3 Å². The summed E-state index contributed by atoms with van der Waals surface area (Å²) in [4.78, 5) is 16.1. The lowest BCUT2D eigenvalue weighted by Gasteiger charge is -2.11. The van der Waals surface area contributed by atoms with Crippen LogP contribution in [-0.2, 0) is 6.18 Å². The van der Waals surface area contributed by atoms with Gasteiger partial charge in [-0.3, -0.25) is 4.98 Å². The van der Waals surface area contributed by atoms with Crippen LogP contribution in [0.15, 0.2) is 55.1 Å². The molecule has 11 heteroatoms. The Balaban J connectivity index is 1.64. The van der Waals surface area contributed by atoms with Crippen LogP contribution in [0.2, 0.25) is 0 Å². The number of aromatic nitrogens is 4. The van der Waals surface area contributed by atoms with E-state index in [0.29, 0.717) is 22.3 Å². The van der Waals surface area contributed by atoms with Crippen molar-refractivity contribution in [3.8, 4) is 11.3 Å². The molecule has 0 saturated heterocycles. The highest BCUT2D eigenvalue weighted by Gasteiger charge is 2.30. The molecule has 0 aliphatic carbocycles. The molecule has 4 aromatic rings. The molecule has 0 spiro atoms. The Morgan fingerprint density at radius 3 is 2.44 bits per heavy atom. The summed E-state index contributed by atoms with van der Waals surface area (Å²) in [7, 11) is 0. The molecule has 4 rings (SSSR count). The minimum atomic E-state index is -4.48. The Kier molecular flexibility index (Phi) is 5.68. The van der Waals surface area contributed by atoms with Gasteiger partial charge in [0.1, 0.15) is 35.6 Å². The van der Waals surface area contributed by atoms with E-state index in [0.717, 1.165) is 18.3 Å². The van der Waals surface area contributed by atoms with Gasteiger partial charge in [0, 0.05) is 28.9 Å². The Bertz CT molecular complexity index is 1270. The van der Waals surface area contributed by atoms with E-state index in [9.17, 15) is 22.7 Å². The van der Waals surface area contributed by atoms with Gasteiger partial charge in [0.2, 0.25) is 0 Å². The van der Waals surface area contributed by atoms with Crippen molar-refractivity contribution in [2.45, 2.75) is 12.3 Å². The Labute approximate surface area is 178 Å². The Morgan fingerprint density at radius 1 is 0.969 bits per heavy atom. The lowest BCUT2D eigenvalue weighted by molar-refractivity contribution is -0.137. The second-order valence-electron chi connectivity index (χ2n) is 6.81. The lowest BCUT2D eigenvalue weighted by atomic mass is 10.1. The topological polar surface area (TPSA) is 104 Å². The molecular weight excluding hydrogens is 430 g/mol. The number of halogens is 4. The smallest absolute Gasteiger partial charge is 0.393 e. The van der Waals surface area contributed by atoms with Gasteiger partial charge in [-0.1, -0.05) is 6.07 Å². The van der Waals surface area contributed by atoms with Crippen molar-refractivity contribution in [1.29, 1.82) is 0 Å². The third-order valence-corrected chi connectivity index (χ3v) is 4.67. The third kappa shape index (κ3) is 4.34. The number of rotatable bonds is 5. The van der Waals surface area contributed by atoms with E-state index in [-0.39, 0.29) is 17.1 Å². The van der Waals surface area contributed by atoms with Crippen molar-refractivity contribution in [1.82, 2.24) is 19.9 Å². The number of nitrogens with one attached hydrogen (secondary N) is 1. The number of benzene rings is 1. The van der Waals surface area contributed by atoms with Crippen LogP contribution in [0.25, 0.3) is 22.2 Å². The number of aliphatic hydroxyl groups excluding tert-OH is 2. The molecule has 3 aromatic heterocycles. The summed E-state index contributed by atoms with van der Waals surface area (Å²) in [6.07, 6.45) is -2.48. The molecule has 3 N–H and O–H groups in total. The first-order valence-electron chi connectivity index (χ1n) is 9.26. The van der Waals surface area contributed by atoms with Crippen LogP contribution in [0.3, 0.4) is 0 Å². The van der Waals surface area contributed by atoms with E-state index in [1.165, 1.54) is 18.6 Å². The minimum absolute atomic E-state index is 0.0262. The van der Waals surface area contributed by atoms with Crippen LogP contribution in [0.4, 0.5) is 29.2 Å². The number of fused-ring (bicyclic) bond motifs is 1. The van der Waals surface area contributed by atoms with Gasteiger partial charge in [-0.05, 0) is 30.3 Å². The van der Waals surface area contributed by atoms with Gasteiger partial charge < -0.3 is 15.5 Å². The summed E-state index contributed by atoms with van der Waals surface area (Å²) in [6, 6.07) is 7.97. The zero-order valence-electron chi connectivity index (χ0n) is 16.2. The fraction of sp³-hybridized carbons (Fsp3) is 0.143. The quantitative estimate of drug-likeness (QED) is 0.399. The summed E-state index contributed by atoms with van der Waals surface area (Å²) in [5.41, 5.74) is 0.155. The molecule has 1 aromatic carbocycles. The van der Waals surface area contributed by atoms with Gasteiger partial charge in [0.05, 0.1) is 17.7 Å². The number of nitrogens with zero attached hydrogens (tertiary/aromatic N) is 4. The fourth-order valence-corrected chi connectivity index (χ4v) is 3.01. The standard InChI is InChI=1S/C21H15F4N5O2/c22-15-5-12(17(32)9-31)7-27-19(15)11-1-3-14-16(6-11)28-10-29-20(14)30-18-4-2-13(8-26-18)21(23,24)25/h1-8,10,17,31-32H,9H2,(H,26,28,29,30)/t17-/m1/s1. The van der Waals surface area contributed by atoms with Crippen LogP contribution in [0.1, 0.15) is 17.2 Å². The predicted octanol–water partition coefficient (Wildman–Crippen LogP) is 4.01. The number of pyridine rings is 2. The van der Waals surface area contributed by atoms with Gasteiger partial charge >= 0.3 is 6.18 Å². The highest BCUT2D eigenvalue weighted by Crippen LogP contribution is 2.31. The Morgan fingerprint density at radius 2 is 1.78 bits per heavy atom. The molecule has 0 aliphatic rings. The summed E-state index contributed by atoms with van der Waals surface area (Å²) >= 11 is 0. The third-order valence-electron chi connectivity index (χ3n) is 4.67. The maximum atomic E-state index is 14.5. The SMILES string of the molecule is OC[C@@H](O)c1cnc(-c2ccc3c(Nc4ccc(C(F)(F)F)cn4)ncnc3c2)c(F)c1. The maximum absolute atomic E-state index is 14.5. The number of hydrogen-bond acceptors (Lipinski definition) is 7. The van der Waals surface area contributed by atoms with Gasteiger partial charge in [-0.2, -0.15) is 13.2 Å². The van der Waals surface area contributed by atoms with Crippen LogP contribution >= 0.6 is 0 Å². The molecular formula is C21H15F4N5O2. The van der Waals surface area contributed by atoms with Crippen molar-refractivity contribution in [3.05, 3.63) is 72.1 Å². The molecule has 7 nitrogen and oxygen atoms in total. The Hall–Kier alpha value is -3.70. The molecule has 0 saturated carbocycles. The number of hydrogen-bond donors (Lipinski definition) is 3. The molecule has 0 bridgehead atoms. The average molecular weight is 445 g/mol. The molecule has 32 heavy (non-hydrogen) atoms. The second kappa shape index (κ2) is 8.44. The van der Waals surface area contributed by atoms with Crippen LogP contribution < -0.4 is 5.32 Å². The summed E-state index contributed by atoms with van der Waals surface area (Å²) in [5, 5.41) is 22.0. The maximum Gasteiger partial charge on any atom is 0.417 e. The van der Waals surface area contributed by atoms with Gasteiger partial charge in [0.25, 0.3) is 0 Å². The molecule has 0 radical (unpaired) electrons. The fourth-order valence-electron chi connectivity index (χ4n) is 3.01. The number of anilines is 2. The van der Waals surface area contributed by atoms with Crippen LogP contribution in [0.5, 0.6) is 0 Å². The van der Waals surface area contributed by atoms with Gasteiger partial charge in [-0.25, -0.2) is 19.3 Å². The first kappa shape index (κ1) is 21.5. The first-order chi connectivity index (χ1) is 15.3. The monoisotopic (exact) mass is 445 g/mol. The molecule has 0 unspecified atom stereocenters. The van der Waals surface area contributed by atoms with Crippen LogP contribution in [-0.4, -0.2) is 36.8 Å². The molecule has 0 aliphatic heterocycles. The van der Waals surface area contributed by atoms with Gasteiger partial charge in [0.15, 0.2) is 0 Å². The van der Waals surface area contributed by atoms with Crippen molar-refractivity contribution in [2.24, 2.45) is 0 Å². The predicted molar refractivity (Wildman–Crippen MR) is 107 cm³/mol. The van der Waals surface area contributed by atoms with Gasteiger partial charge in [-0.15, -0.1) is 0 Å². The second-order valence-corrected chi connectivity index (χ2v) is 6.81. The molecule has 0 fully saturated rings. The molecule has 164 valence electrons. The van der Waals surface area contributed by atoms with E-state index < -0.39 is 30.3 Å². The van der Waals surface area contributed by atoms with Crippen molar-refractivity contribution >= 4 is 22.5 Å². The summed E-state index contributed by atoms with van der Waals surface area (Å²) in [6.45, 7) is -0.559. The lowest BCUT2D eigenvalue weighted by Crippen LogP contribution is -2.06. The minimum Gasteiger partial charge on any atom is -0.393 e. The average Bonchev–Trinajstić information content (AvgIpc) is 2.78. The van der Waals surface area contributed by atoms with E-state index in [1.54, 1.807) is 18.2 Å². The van der Waals surface area contributed by atoms with E-state index in [4.69, 9.17) is 5.11 Å². The van der Waals surface area contributed by atoms with Crippen molar-refractivity contribution < 1.29 is 27.8 Å². The zero-order chi connectivity index (χ0) is 22.9. The van der Waals surface area contributed by atoms with Crippen molar-refractivity contribution in [3.63, 3.8) is 0 Å². The molecule has 1 atom stereocenters. The highest BCUT2D eigenvalue weighted by atomic mass is 19.4. The molecule has 3 heterocycles. The normalized spacial score (nSPS) is 12.7. The van der Waals surface area contributed by atoms with E-state index in [1.807, 2.05) is 0 Å². The van der Waals surface area contributed by atoms with Crippen molar-refractivity contribution in [2.75, 3.05) is 11.9 Å². The molecule has 0 amide bonds. The van der Waals surface area contributed by atoms with Crippen LogP contribution in [0, 0.1) is 5.82 Å². The largest absolute Gasteiger partial charge is 0.417 e. The zero-order valence-corrected chi connectivity index (χ0v) is 16.2. The first-order valence-corrected chi connectivity index (χ1v) is 9.26. The number of aliphatic hydroxyl groups is 2. The summed E-state index contributed by atoms with van der Waals surface area (Å²) in [5.74, 6) is -0.216. The number of alkyl halides is 3. The summed E-state index contributed by atoms with van der Waals surface area (Å²) < 4.78 is 52.6. The highest BCUT2D eigenvalue weighted by molar-refractivity contribution is 5.92.